The Hall–Kier alpha value is -3.06. The van der Waals surface area contributed by atoms with Crippen LogP contribution < -0.4 is 14.8 Å². The van der Waals surface area contributed by atoms with Crippen molar-refractivity contribution >= 4 is 11.8 Å². The molecule has 2 rings (SSSR count). The highest BCUT2D eigenvalue weighted by Gasteiger charge is 2.18. The van der Waals surface area contributed by atoms with Crippen LogP contribution in [0.15, 0.2) is 42.5 Å². The van der Waals surface area contributed by atoms with Crippen LogP contribution in [-0.2, 0) is 6.54 Å². The summed E-state index contributed by atoms with van der Waals surface area (Å²) in [5.74, 6) is 0.791. The molecule has 0 unspecified atom stereocenters. The third kappa shape index (κ3) is 6.99. The van der Waals surface area contributed by atoms with Gasteiger partial charge in [0.05, 0.1) is 14.2 Å². The lowest BCUT2D eigenvalue weighted by Crippen LogP contribution is -2.42. The van der Waals surface area contributed by atoms with Crippen LogP contribution in [0.4, 0.5) is 0 Å². The minimum absolute atomic E-state index is 0.0421. The van der Waals surface area contributed by atoms with Crippen LogP contribution >= 0.6 is 0 Å². The zero-order valence-corrected chi connectivity index (χ0v) is 19.8. The highest BCUT2D eigenvalue weighted by Crippen LogP contribution is 2.27. The van der Waals surface area contributed by atoms with Gasteiger partial charge in [-0.25, -0.2) is 5.01 Å². The molecule has 0 bridgehead atoms. The van der Waals surface area contributed by atoms with Crippen LogP contribution in [0.1, 0.15) is 58.9 Å². The van der Waals surface area contributed by atoms with E-state index in [1.165, 1.54) is 13.5 Å². The zero-order valence-electron chi connectivity index (χ0n) is 19.8. The Morgan fingerprint density at radius 1 is 0.906 bits per heavy atom. The molecule has 0 fully saturated rings. The van der Waals surface area contributed by atoms with E-state index >= 15 is 0 Å². The van der Waals surface area contributed by atoms with Gasteiger partial charge in [0.25, 0.3) is 11.8 Å². The van der Waals surface area contributed by atoms with Gasteiger partial charge in [0.2, 0.25) is 0 Å². The minimum atomic E-state index is -0.228. The molecule has 174 valence electrons. The number of rotatable bonds is 12. The second-order valence-corrected chi connectivity index (χ2v) is 7.79. The molecule has 0 atom stereocenters. The van der Waals surface area contributed by atoms with Gasteiger partial charge in [-0.2, -0.15) is 0 Å². The Bertz CT molecular complexity index is 899. The highest BCUT2D eigenvalue weighted by atomic mass is 16.5. The number of unbranched alkanes of at least 4 members (excludes halogenated alkanes) is 3. The summed E-state index contributed by atoms with van der Waals surface area (Å²) < 4.78 is 10.5. The molecule has 2 aromatic rings. The van der Waals surface area contributed by atoms with Crippen LogP contribution in [-0.4, -0.2) is 56.7 Å². The Labute approximate surface area is 191 Å². The van der Waals surface area contributed by atoms with E-state index in [1.54, 1.807) is 30.3 Å². The first-order valence-electron chi connectivity index (χ1n) is 11.0. The third-order valence-electron chi connectivity index (χ3n) is 5.21. The first kappa shape index (κ1) is 25.2. The molecule has 0 heterocycles. The molecule has 2 amide bonds. The van der Waals surface area contributed by atoms with E-state index in [2.05, 4.69) is 12.2 Å². The van der Waals surface area contributed by atoms with Crippen molar-refractivity contribution in [2.45, 2.75) is 39.2 Å². The Balaban J connectivity index is 2.04. The predicted octanol–water partition coefficient (Wildman–Crippen LogP) is 4.13. The van der Waals surface area contributed by atoms with Gasteiger partial charge in [0.15, 0.2) is 11.5 Å². The van der Waals surface area contributed by atoms with E-state index in [1.807, 2.05) is 43.4 Å². The van der Waals surface area contributed by atoms with Gasteiger partial charge in [-0.3, -0.25) is 14.6 Å². The van der Waals surface area contributed by atoms with Crippen molar-refractivity contribution in [3.63, 3.8) is 0 Å². The van der Waals surface area contributed by atoms with Crippen molar-refractivity contribution in [1.29, 1.82) is 0 Å². The molecule has 2 aromatic carbocycles. The molecule has 1 N–H and O–H groups in total. The fourth-order valence-electron chi connectivity index (χ4n) is 3.40. The zero-order chi connectivity index (χ0) is 23.5. The van der Waals surface area contributed by atoms with E-state index in [4.69, 9.17) is 9.47 Å². The second-order valence-electron chi connectivity index (χ2n) is 7.79. The summed E-state index contributed by atoms with van der Waals surface area (Å²) in [5, 5.41) is 6.49. The van der Waals surface area contributed by atoms with Gasteiger partial charge < -0.3 is 14.8 Å². The summed E-state index contributed by atoms with van der Waals surface area (Å²) in [6.45, 7) is 3.17. The average molecular weight is 442 g/mol. The number of benzene rings is 2. The van der Waals surface area contributed by atoms with Crippen molar-refractivity contribution in [3.05, 3.63) is 59.2 Å². The summed E-state index contributed by atoms with van der Waals surface area (Å²) in [6.07, 6.45) is 4.41. The number of nitrogens with one attached hydrogen (secondary N) is 1. The van der Waals surface area contributed by atoms with Crippen molar-refractivity contribution in [2.75, 3.05) is 34.9 Å². The van der Waals surface area contributed by atoms with Gasteiger partial charge in [-0.15, -0.1) is 0 Å². The standard InChI is InChI=1S/C25H35N3O4/c1-6-7-8-9-15-28(27(2)3)25(30)21-12-10-11-19(16-21)18-26-24(29)20-13-14-22(31-4)23(17-20)32-5/h10-14,16-17H,6-9,15,18H2,1-5H3,(H,26,29). The molecule has 7 nitrogen and oxygen atoms in total. The second kappa shape index (κ2) is 12.7. The van der Waals surface area contributed by atoms with Gasteiger partial charge >= 0.3 is 0 Å². The molecule has 0 aromatic heterocycles. The van der Waals surface area contributed by atoms with E-state index in [9.17, 15) is 9.59 Å². The smallest absolute Gasteiger partial charge is 0.268 e. The summed E-state index contributed by atoms with van der Waals surface area (Å²) in [7, 11) is 6.84. The highest BCUT2D eigenvalue weighted by molar-refractivity contribution is 5.95. The molecule has 0 aliphatic heterocycles. The number of methoxy groups -OCH3 is 2. The van der Waals surface area contributed by atoms with E-state index in [-0.39, 0.29) is 11.8 Å². The Morgan fingerprint density at radius 2 is 1.66 bits per heavy atom. The number of carbonyl (C=O) groups is 2. The maximum absolute atomic E-state index is 13.1. The first-order chi connectivity index (χ1) is 15.4. The molecule has 0 spiro atoms. The van der Waals surface area contributed by atoms with Gasteiger partial charge in [-0.1, -0.05) is 38.3 Å². The third-order valence-corrected chi connectivity index (χ3v) is 5.21. The lowest BCUT2D eigenvalue weighted by Gasteiger charge is -2.29. The lowest BCUT2D eigenvalue weighted by molar-refractivity contribution is 0.0192. The Kier molecular flexibility index (Phi) is 10.0. The minimum Gasteiger partial charge on any atom is -0.493 e. The average Bonchev–Trinajstić information content (AvgIpc) is 2.81. The summed E-state index contributed by atoms with van der Waals surface area (Å²) in [4.78, 5) is 25.6. The quantitative estimate of drug-likeness (QED) is 0.396. The van der Waals surface area contributed by atoms with Crippen LogP contribution in [0.3, 0.4) is 0 Å². The summed E-state index contributed by atoms with van der Waals surface area (Å²) in [5.41, 5.74) is 1.93. The number of hydrogen-bond acceptors (Lipinski definition) is 5. The topological polar surface area (TPSA) is 71.1 Å². The van der Waals surface area contributed by atoms with E-state index in [0.717, 1.165) is 24.8 Å². The predicted molar refractivity (Wildman–Crippen MR) is 126 cm³/mol. The molecule has 0 aliphatic carbocycles. The van der Waals surface area contributed by atoms with E-state index in [0.29, 0.717) is 35.7 Å². The number of amides is 2. The number of nitrogens with zero attached hydrogens (tertiary/aromatic N) is 2. The van der Waals surface area contributed by atoms with Crippen molar-refractivity contribution in [3.8, 4) is 11.5 Å². The molecule has 0 radical (unpaired) electrons. The molecule has 0 saturated carbocycles. The largest absolute Gasteiger partial charge is 0.493 e. The molecular formula is C25H35N3O4. The normalized spacial score (nSPS) is 10.7. The van der Waals surface area contributed by atoms with Crippen LogP contribution in [0, 0.1) is 0 Å². The number of ether oxygens (including phenoxy) is 2. The lowest BCUT2D eigenvalue weighted by atomic mass is 10.1. The van der Waals surface area contributed by atoms with Gasteiger partial charge in [-0.05, 0) is 42.3 Å². The monoisotopic (exact) mass is 441 g/mol. The fraction of sp³-hybridized carbons (Fsp3) is 0.440. The van der Waals surface area contributed by atoms with E-state index < -0.39 is 0 Å². The number of carbonyl (C=O) groups excluding carboxylic acids is 2. The van der Waals surface area contributed by atoms with Crippen molar-refractivity contribution < 1.29 is 19.1 Å². The SMILES string of the molecule is CCCCCCN(C(=O)c1cccc(CNC(=O)c2ccc(OC)c(OC)c2)c1)N(C)C. The molecule has 0 saturated heterocycles. The van der Waals surface area contributed by atoms with Gasteiger partial charge in [0.1, 0.15) is 0 Å². The fourth-order valence-corrected chi connectivity index (χ4v) is 3.40. The maximum atomic E-state index is 13.1. The van der Waals surface area contributed by atoms with Crippen LogP contribution in [0.25, 0.3) is 0 Å². The molecular weight excluding hydrogens is 406 g/mol. The first-order valence-corrected chi connectivity index (χ1v) is 11.0. The number of hydrogen-bond donors (Lipinski definition) is 1. The van der Waals surface area contributed by atoms with Crippen molar-refractivity contribution in [1.82, 2.24) is 15.3 Å². The van der Waals surface area contributed by atoms with Crippen LogP contribution in [0.2, 0.25) is 0 Å². The summed E-state index contributed by atoms with van der Waals surface area (Å²) >= 11 is 0. The molecule has 7 heteroatoms. The Morgan fingerprint density at radius 3 is 2.31 bits per heavy atom. The maximum Gasteiger partial charge on any atom is 0.268 e. The van der Waals surface area contributed by atoms with Gasteiger partial charge in [0, 0.05) is 38.3 Å². The summed E-state index contributed by atoms with van der Waals surface area (Å²) in [6, 6.07) is 12.4. The molecule has 0 aliphatic rings. The van der Waals surface area contributed by atoms with Crippen molar-refractivity contribution in [2.24, 2.45) is 0 Å². The number of hydrazine groups is 1. The molecule has 32 heavy (non-hydrogen) atoms. The van der Waals surface area contributed by atoms with Crippen LogP contribution in [0.5, 0.6) is 11.5 Å².